The highest BCUT2D eigenvalue weighted by atomic mass is 32.2. The van der Waals surface area contributed by atoms with Crippen LogP contribution < -0.4 is 0 Å². The highest BCUT2D eigenvalue weighted by Gasteiger charge is 2.40. The van der Waals surface area contributed by atoms with Crippen molar-refractivity contribution in [1.29, 1.82) is 0 Å². The Morgan fingerprint density at radius 2 is 1.76 bits per heavy atom. The first kappa shape index (κ1) is 14.2. The van der Waals surface area contributed by atoms with Crippen LogP contribution >= 0.6 is 23.5 Å². The third kappa shape index (κ3) is 4.91. The average Bonchev–Trinajstić information content (AvgIpc) is 2.28. The van der Waals surface area contributed by atoms with Gasteiger partial charge in [-0.25, -0.2) is 4.79 Å². The minimum Gasteiger partial charge on any atom is -0.448 e. The van der Waals surface area contributed by atoms with E-state index in [1.807, 2.05) is 18.4 Å². The van der Waals surface area contributed by atoms with Crippen LogP contribution in [-0.2, 0) is 9.53 Å². The Balaban J connectivity index is 2.38. The highest BCUT2D eigenvalue weighted by molar-refractivity contribution is 7.99. The molecule has 2 nitrogen and oxygen atoms in total. The van der Waals surface area contributed by atoms with E-state index in [1.165, 1.54) is 0 Å². The molecule has 1 aromatic carbocycles. The molecule has 1 aromatic rings. The smallest absolute Gasteiger partial charge is 0.448 e. The molecule has 7 heteroatoms. The van der Waals surface area contributed by atoms with Crippen molar-refractivity contribution < 1.29 is 22.7 Å². The van der Waals surface area contributed by atoms with Crippen molar-refractivity contribution in [3.63, 3.8) is 0 Å². The first-order valence-electron chi connectivity index (χ1n) is 4.44. The zero-order chi connectivity index (χ0) is 12.9. The molecule has 0 aliphatic carbocycles. The summed E-state index contributed by atoms with van der Waals surface area (Å²) in [7, 11) is 0. The lowest BCUT2D eigenvalue weighted by Crippen LogP contribution is -2.25. The summed E-state index contributed by atoms with van der Waals surface area (Å²) in [5, 5.41) is 0. The van der Waals surface area contributed by atoms with Crippen LogP contribution in [0.4, 0.5) is 13.2 Å². The lowest BCUT2D eigenvalue weighted by atomic mass is 10.4. The number of ether oxygens (including phenoxy) is 1. The molecule has 0 bridgehead atoms. The summed E-state index contributed by atoms with van der Waals surface area (Å²) in [5.41, 5.74) is 0. The number of benzene rings is 1. The topological polar surface area (TPSA) is 26.3 Å². The number of alkyl halides is 3. The molecule has 0 fully saturated rings. The zero-order valence-electron chi connectivity index (χ0n) is 8.78. The van der Waals surface area contributed by atoms with Gasteiger partial charge in [0.2, 0.25) is 0 Å². The summed E-state index contributed by atoms with van der Waals surface area (Å²) in [6, 6.07) is 7.22. The maximum absolute atomic E-state index is 11.8. The number of esters is 1. The van der Waals surface area contributed by atoms with Crippen molar-refractivity contribution in [2.45, 2.75) is 16.0 Å². The molecule has 0 unspecified atom stereocenters. The van der Waals surface area contributed by atoms with E-state index < -0.39 is 12.1 Å². The fourth-order valence-electron chi connectivity index (χ4n) is 0.905. The molecule has 0 amide bonds. The third-order valence-electron chi connectivity index (χ3n) is 1.71. The van der Waals surface area contributed by atoms with Crippen molar-refractivity contribution in [3.05, 3.63) is 24.3 Å². The predicted molar refractivity (Wildman–Crippen MR) is 61.1 cm³/mol. The molecule has 0 radical (unpaired) electrons. The SMILES string of the molecule is CSc1ccc(SCOC(=O)C(F)(F)F)cc1. The van der Waals surface area contributed by atoms with Crippen molar-refractivity contribution >= 4 is 29.5 Å². The van der Waals surface area contributed by atoms with E-state index >= 15 is 0 Å². The standard InChI is InChI=1S/C10H9F3O2S2/c1-16-7-2-4-8(5-3-7)17-6-15-9(14)10(11,12)13/h2-5H,6H2,1H3. The number of halogens is 3. The van der Waals surface area contributed by atoms with E-state index in [0.717, 1.165) is 21.6 Å². The molecule has 0 spiro atoms. The van der Waals surface area contributed by atoms with Gasteiger partial charge >= 0.3 is 12.1 Å². The summed E-state index contributed by atoms with van der Waals surface area (Å²) in [4.78, 5) is 12.2. The Morgan fingerprint density at radius 3 is 2.24 bits per heavy atom. The van der Waals surface area contributed by atoms with Gasteiger partial charge in [0, 0.05) is 9.79 Å². The minimum absolute atomic E-state index is 0.350. The van der Waals surface area contributed by atoms with Crippen molar-refractivity contribution in [2.75, 3.05) is 12.2 Å². The van der Waals surface area contributed by atoms with Gasteiger partial charge < -0.3 is 4.74 Å². The van der Waals surface area contributed by atoms with Gasteiger partial charge in [-0.05, 0) is 30.5 Å². The maximum atomic E-state index is 11.8. The van der Waals surface area contributed by atoms with Gasteiger partial charge in [0.25, 0.3) is 0 Å². The maximum Gasteiger partial charge on any atom is 0.490 e. The molecule has 17 heavy (non-hydrogen) atoms. The summed E-state index contributed by atoms with van der Waals surface area (Å²) < 4.78 is 39.4. The number of rotatable bonds is 4. The van der Waals surface area contributed by atoms with E-state index in [1.54, 1.807) is 23.9 Å². The zero-order valence-corrected chi connectivity index (χ0v) is 10.4. The molecule has 0 aliphatic heterocycles. The van der Waals surface area contributed by atoms with E-state index in [-0.39, 0.29) is 5.94 Å². The van der Waals surface area contributed by atoms with Crippen molar-refractivity contribution in [2.24, 2.45) is 0 Å². The highest BCUT2D eigenvalue weighted by Crippen LogP contribution is 2.23. The fourth-order valence-corrected chi connectivity index (χ4v) is 1.94. The third-order valence-corrected chi connectivity index (χ3v) is 3.29. The van der Waals surface area contributed by atoms with Crippen LogP contribution in [0.1, 0.15) is 0 Å². The van der Waals surface area contributed by atoms with Crippen LogP contribution in [0.5, 0.6) is 0 Å². The van der Waals surface area contributed by atoms with Crippen molar-refractivity contribution in [1.82, 2.24) is 0 Å². The van der Waals surface area contributed by atoms with Gasteiger partial charge in [0.15, 0.2) is 0 Å². The normalized spacial score (nSPS) is 11.3. The van der Waals surface area contributed by atoms with Crippen LogP contribution in [0, 0.1) is 0 Å². The Bertz CT molecular complexity index is 376. The number of thioether (sulfide) groups is 2. The van der Waals surface area contributed by atoms with Crippen molar-refractivity contribution in [3.8, 4) is 0 Å². The van der Waals surface area contributed by atoms with Crippen LogP contribution in [-0.4, -0.2) is 24.3 Å². The molecule has 0 heterocycles. The van der Waals surface area contributed by atoms with Gasteiger partial charge in [-0.3, -0.25) is 0 Å². The predicted octanol–water partition coefficient (Wildman–Crippen LogP) is 3.56. The number of hydrogen-bond donors (Lipinski definition) is 0. The molecule has 94 valence electrons. The van der Waals surface area contributed by atoms with Gasteiger partial charge in [-0.15, -0.1) is 11.8 Å². The summed E-state index contributed by atoms with van der Waals surface area (Å²) in [6.45, 7) is 0. The number of carbonyl (C=O) groups is 1. The first-order valence-corrected chi connectivity index (χ1v) is 6.65. The van der Waals surface area contributed by atoms with Crippen LogP contribution in [0.15, 0.2) is 34.1 Å². The van der Waals surface area contributed by atoms with E-state index in [9.17, 15) is 18.0 Å². The van der Waals surface area contributed by atoms with Gasteiger partial charge in [-0.2, -0.15) is 13.2 Å². The minimum atomic E-state index is -4.93. The second kappa shape index (κ2) is 6.20. The molecule has 0 saturated carbocycles. The van der Waals surface area contributed by atoms with Gasteiger partial charge in [-0.1, -0.05) is 11.8 Å². The first-order chi connectivity index (χ1) is 7.93. The number of hydrogen-bond acceptors (Lipinski definition) is 4. The molecule has 0 N–H and O–H groups in total. The summed E-state index contributed by atoms with van der Waals surface area (Å²) in [6.07, 6.45) is -3.00. The van der Waals surface area contributed by atoms with Gasteiger partial charge in [0.1, 0.15) is 5.94 Å². The summed E-state index contributed by atoms with van der Waals surface area (Å²) >= 11 is 2.60. The molecular weight excluding hydrogens is 273 g/mol. The Labute approximate surface area is 105 Å². The van der Waals surface area contributed by atoms with E-state index in [2.05, 4.69) is 4.74 Å². The second-order valence-corrected chi connectivity index (χ2v) is 4.74. The fraction of sp³-hybridized carbons (Fsp3) is 0.300. The quantitative estimate of drug-likeness (QED) is 0.479. The molecule has 0 aromatic heterocycles. The Kier molecular flexibility index (Phi) is 5.20. The molecule has 0 atom stereocenters. The lowest BCUT2D eigenvalue weighted by molar-refractivity contribution is -0.197. The second-order valence-electron chi connectivity index (χ2n) is 2.87. The monoisotopic (exact) mass is 282 g/mol. The molecule has 1 rings (SSSR count). The molecular formula is C10H9F3O2S2. The van der Waals surface area contributed by atoms with E-state index in [4.69, 9.17) is 0 Å². The Morgan fingerprint density at radius 1 is 1.24 bits per heavy atom. The largest absolute Gasteiger partial charge is 0.490 e. The van der Waals surface area contributed by atoms with E-state index in [0.29, 0.717) is 0 Å². The Hall–Kier alpha value is -0.820. The van der Waals surface area contributed by atoms with Crippen LogP contribution in [0.2, 0.25) is 0 Å². The summed E-state index contributed by atoms with van der Waals surface area (Å²) in [5.74, 6) is -2.51. The molecule has 0 aliphatic rings. The lowest BCUT2D eigenvalue weighted by Gasteiger charge is -2.07. The van der Waals surface area contributed by atoms with Crippen LogP contribution in [0.25, 0.3) is 0 Å². The van der Waals surface area contributed by atoms with Crippen LogP contribution in [0.3, 0.4) is 0 Å². The van der Waals surface area contributed by atoms with Gasteiger partial charge in [0.05, 0.1) is 0 Å². The number of carbonyl (C=O) groups excluding carboxylic acids is 1. The average molecular weight is 282 g/mol. The molecule has 0 saturated heterocycles.